The van der Waals surface area contributed by atoms with E-state index in [1.54, 1.807) is 6.92 Å². The molecule has 196 valence electrons. The quantitative estimate of drug-likeness (QED) is 0.191. The second-order valence-electron chi connectivity index (χ2n) is 9.15. The number of carbonyl (C=O) groups excluding carboxylic acids is 1. The van der Waals surface area contributed by atoms with Crippen molar-refractivity contribution in [2.45, 2.75) is 85.7 Å². The highest BCUT2D eigenvalue weighted by atomic mass is 32.2. The van der Waals surface area contributed by atoms with Crippen molar-refractivity contribution in [2.24, 2.45) is 5.92 Å². The number of carbonyl (C=O) groups is 2. The molecule has 0 aromatic rings. The number of thioether (sulfide) groups is 1. The van der Waals surface area contributed by atoms with E-state index in [0.29, 0.717) is 12.2 Å². The molecule has 0 aromatic carbocycles. The van der Waals surface area contributed by atoms with Gasteiger partial charge in [0.1, 0.15) is 12.1 Å². The first kappa shape index (κ1) is 32.4. The molecule has 0 aliphatic heterocycles. The summed E-state index contributed by atoms with van der Waals surface area (Å²) in [5.74, 6) is -1.19. The van der Waals surface area contributed by atoms with Crippen LogP contribution in [0.1, 0.15) is 73.6 Å². The molecule has 7 nitrogen and oxygen atoms in total. The summed E-state index contributed by atoms with van der Waals surface area (Å²) < 4.78 is 25.6. The second kappa shape index (κ2) is 16.9. The van der Waals surface area contributed by atoms with Crippen LogP contribution in [0, 0.1) is 5.92 Å². The van der Waals surface area contributed by atoms with Gasteiger partial charge in [-0.3, -0.25) is 4.79 Å². The van der Waals surface area contributed by atoms with Crippen molar-refractivity contribution < 1.29 is 23.1 Å². The van der Waals surface area contributed by atoms with Crippen molar-refractivity contribution in [1.82, 2.24) is 10.0 Å². The summed E-state index contributed by atoms with van der Waals surface area (Å²) in [6, 6.07) is -2.10. The van der Waals surface area contributed by atoms with E-state index >= 15 is 0 Å². The van der Waals surface area contributed by atoms with Gasteiger partial charge in [-0.15, -0.1) is 0 Å². The summed E-state index contributed by atoms with van der Waals surface area (Å²) in [6.07, 6.45) is 12.2. The Kier molecular flexibility index (Phi) is 16.2. The molecule has 0 aliphatic rings. The van der Waals surface area contributed by atoms with E-state index in [4.69, 9.17) is 0 Å². The predicted molar refractivity (Wildman–Crippen MR) is 144 cm³/mol. The van der Waals surface area contributed by atoms with Crippen LogP contribution in [0.15, 0.2) is 34.9 Å². The molecule has 0 rings (SSSR count). The summed E-state index contributed by atoms with van der Waals surface area (Å²) in [6.45, 7) is 12.0. The first-order chi connectivity index (χ1) is 15.8. The lowest BCUT2D eigenvalue weighted by atomic mass is 9.99. The molecule has 0 radical (unpaired) electrons. The molecule has 0 aliphatic carbocycles. The lowest BCUT2D eigenvalue weighted by molar-refractivity contribution is -0.141. The van der Waals surface area contributed by atoms with Crippen LogP contribution in [0.3, 0.4) is 0 Å². The standard InChI is InChI=1S/C25H44N2O5S2/c1-8-21(6)23(27-34(7,31)32)24(28)26-22(25(29)30)17-33-16-15-20(5)14-10-13-19(4)12-9-11-18(2)3/h11,13,15,21-23,27H,8-10,12,14,16-17H2,1-7H3,(H,26,28)(H,29,30)/t21-,22-,23-/m0/s1. The van der Waals surface area contributed by atoms with E-state index in [1.807, 2.05) is 6.92 Å². The van der Waals surface area contributed by atoms with E-state index in [1.165, 1.54) is 28.5 Å². The van der Waals surface area contributed by atoms with E-state index in [9.17, 15) is 23.1 Å². The van der Waals surface area contributed by atoms with E-state index in [0.717, 1.165) is 31.9 Å². The maximum atomic E-state index is 12.6. The van der Waals surface area contributed by atoms with Gasteiger partial charge in [0.15, 0.2) is 0 Å². The molecule has 0 unspecified atom stereocenters. The monoisotopic (exact) mass is 516 g/mol. The topological polar surface area (TPSA) is 113 Å². The summed E-state index contributed by atoms with van der Waals surface area (Å²) in [5.41, 5.74) is 3.97. The number of hydrogen-bond donors (Lipinski definition) is 3. The van der Waals surface area contributed by atoms with Crippen molar-refractivity contribution in [1.29, 1.82) is 0 Å². The van der Waals surface area contributed by atoms with E-state index < -0.39 is 34.0 Å². The lowest BCUT2D eigenvalue weighted by Crippen LogP contribution is -2.54. The Morgan fingerprint density at radius 2 is 1.56 bits per heavy atom. The van der Waals surface area contributed by atoms with Crippen LogP contribution in [-0.2, 0) is 19.6 Å². The van der Waals surface area contributed by atoms with Gasteiger partial charge in [0.25, 0.3) is 0 Å². The van der Waals surface area contributed by atoms with Gasteiger partial charge < -0.3 is 10.4 Å². The molecule has 0 spiro atoms. The zero-order chi connectivity index (χ0) is 26.3. The van der Waals surface area contributed by atoms with Crippen molar-refractivity contribution in [2.75, 3.05) is 17.8 Å². The second-order valence-corrected chi connectivity index (χ2v) is 12.0. The fourth-order valence-corrected chi connectivity index (χ4v) is 4.86. The summed E-state index contributed by atoms with van der Waals surface area (Å²) in [5, 5.41) is 12.0. The van der Waals surface area contributed by atoms with Gasteiger partial charge in [0, 0.05) is 11.5 Å². The molecule has 0 saturated heterocycles. The molecule has 34 heavy (non-hydrogen) atoms. The Bertz CT molecular complexity index is 843. The Balaban J connectivity index is 4.68. The molecule has 9 heteroatoms. The summed E-state index contributed by atoms with van der Waals surface area (Å²) >= 11 is 1.42. The van der Waals surface area contributed by atoms with E-state index in [-0.39, 0.29) is 11.7 Å². The Hall–Kier alpha value is -1.58. The number of sulfonamides is 1. The molecular formula is C25H44N2O5S2. The molecule has 0 fully saturated rings. The fraction of sp³-hybridized carbons (Fsp3) is 0.680. The largest absolute Gasteiger partial charge is 0.480 e. The minimum atomic E-state index is -3.61. The number of hydrogen-bond acceptors (Lipinski definition) is 5. The van der Waals surface area contributed by atoms with Crippen molar-refractivity contribution in [3.05, 3.63) is 34.9 Å². The van der Waals surface area contributed by atoms with Crippen LogP contribution < -0.4 is 10.0 Å². The van der Waals surface area contributed by atoms with Crippen molar-refractivity contribution >= 4 is 33.7 Å². The van der Waals surface area contributed by atoms with Crippen LogP contribution in [0.2, 0.25) is 0 Å². The maximum absolute atomic E-state index is 12.6. The van der Waals surface area contributed by atoms with Crippen LogP contribution in [-0.4, -0.2) is 55.2 Å². The highest BCUT2D eigenvalue weighted by molar-refractivity contribution is 7.99. The zero-order valence-corrected chi connectivity index (χ0v) is 23.4. The molecule has 0 saturated carbocycles. The minimum absolute atomic E-state index is 0.195. The van der Waals surface area contributed by atoms with Gasteiger partial charge >= 0.3 is 5.97 Å². The number of rotatable bonds is 17. The maximum Gasteiger partial charge on any atom is 0.327 e. The van der Waals surface area contributed by atoms with Crippen molar-refractivity contribution in [3.63, 3.8) is 0 Å². The number of nitrogens with one attached hydrogen (secondary N) is 2. The SMILES string of the molecule is CC[C@H](C)[C@H](NS(C)(=O)=O)C(=O)N[C@@H](CSCC=C(C)CCC=C(C)CCC=C(C)C)C(=O)O. The average Bonchev–Trinajstić information content (AvgIpc) is 2.72. The Morgan fingerprint density at radius 1 is 1.00 bits per heavy atom. The number of amides is 1. The summed E-state index contributed by atoms with van der Waals surface area (Å²) in [7, 11) is -3.61. The van der Waals surface area contributed by atoms with Crippen LogP contribution >= 0.6 is 11.8 Å². The predicted octanol–water partition coefficient (Wildman–Crippen LogP) is 4.67. The Morgan fingerprint density at radius 3 is 2.06 bits per heavy atom. The molecule has 0 aromatic heterocycles. The molecule has 0 heterocycles. The number of carboxylic acids is 1. The number of aliphatic carboxylic acids is 1. The van der Waals surface area contributed by atoms with Gasteiger partial charge in [0.2, 0.25) is 15.9 Å². The van der Waals surface area contributed by atoms with Crippen molar-refractivity contribution in [3.8, 4) is 0 Å². The van der Waals surface area contributed by atoms with Gasteiger partial charge in [-0.05, 0) is 59.3 Å². The van der Waals surface area contributed by atoms with Crippen LogP contribution in [0.25, 0.3) is 0 Å². The fourth-order valence-electron chi connectivity index (χ4n) is 3.06. The highest BCUT2D eigenvalue weighted by Gasteiger charge is 2.30. The van der Waals surface area contributed by atoms with Gasteiger partial charge in [-0.25, -0.2) is 17.9 Å². The third-order valence-corrected chi connectivity index (χ3v) is 7.06. The van der Waals surface area contributed by atoms with Crippen LogP contribution in [0.5, 0.6) is 0 Å². The third-order valence-electron chi connectivity index (χ3n) is 5.41. The number of allylic oxidation sites excluding steroid dienone is 5. The first-order valence-electron chi connectivity index (χ1n) is 11.8. The van der Waals surface area contributed by atoms with Gasteiger partial charge in [-0.2, -0.15) is 11.8 Å². The summed E-state index contributed by atoms with van der Waals surface area (Å²) in [4.78, 5) is 24.3. The molecule has 1 amide bonds. The average molecular weight is 517 g/mol. The molecule has 0 bridgehead atoms. The zero-order valence-electron chi connectivity index (χ0n) is 21.8. The first-order valence-corrected chi connectivity index (χ1v) is 14.8. The molecule has 3 atom stereocenters. The van der Waals surface area contributed by atoms with Gasteiger partial charge in [-0.1, -0.05) is 55.2 Å². The minimum Gasteiger partial charge on any atom is -0.480 e. The highest BCUT2D eigenvalue weighted by Crippen LogP contribution is 2.14. The third kappa shape index (κ3) is 16.1. The smallest absolute Gasteiger partial charge is 0.327 e. The molecule has 3 N–H and O–H groups in total. The molecular weight excluding hydrogens is 472 g/mol. The van der Waals surface area contributed by atoms with E-state index in [2.05, 4.69) is 56.0 Å². The van der Waals surface area contributed by atoms with Gasteiger partial charge in [0.05, 0.1) is 6.26 Å². The van der Waals surface area contributed by atoms with Crippen LogP contribution in [0.4, 0.5) is 0 Å². The normalized spacial score (nSPS) is 15.4. The number of carboxylic acid groups (broad SMARTS) is 1. The Labute approximate surface area is 211 Å². The lowest BCUT2D eigenvalue weighted by Gasteiger charge is -2.24.